The van der Waals surface area contributed by atoms with Crippen LogP contribution in [0, 0.1) is 21.7 Å². The highest BCUT2D eigenvalue weighted by Gasteiger charge is 2.38. The van der Waals surface area contributed by atoms with Crippen molar-refractivity contribution in [2.45, 2.75) is 111 Å². The van der Waals surface area contributed by atoms with Crippen LogP contribution in [-0.4, -0.2) is 32.2 Å². The number of hydrogen-bond acceptors (Lipinski definition) is 8. The van der Waals surface area contributed by atoms with Gasteiger partial charge in [0.1, 0.15) is 0 Å². The highest BCUT2D eigenvalue weighted by molar-refractivity contribution is 6.69. The van der Waals surface area contributed by atoms with E-state index in [2.05, 4.69) is 147 Å². The summed E-state index contributed by atoms with van der Waals surface area (Å²) in [5, 5.41) is 30.2. The highest BCUT2D eigenvalue weighted by atomic mass is 28.4. The minimum absolute atomic E-state index is 0.0657. The van der Waals surface area contributed by atoms with Crippen LogP contribution in [0.2, 0.25) is 0 Å². The molecule has 0 aromatic rings. The van der Waals surface area contributed by atoms with Gasteiger partial charge >= 0.3 is 8.72 Å². The molecule has 0 aliphatic heterocycles. The molecule has 0 heterocycles. The number of allylic oxidation sites excluding steroid dienone is 4. The lowest BCUT2D eigenvalue weighted by molar-refractivity contribution is 0.510. The second-order valence-electron chi connectivity index (χ2n) is 13.6. The summed E-state index contributed by atoms with van der Waals surface area (Å²) >= 11 is 0. The third-order valence-corrected chi connectivity index (χ3v) is 8.08. The monoisotopic (exact) mass is 528 g/mol. The summed E-state index contributed by atoms with van der Waals surface area (Å²) in [5.41, 5.74) is 3.71. The Morgan fingerprint density at radius 3 is 0.703 bits per heavy atom. The third-order valence-electron chi connectivity index (χ3n) is 6.29. The summed E-state index contributed by atoms with van der Waals surface area (Å²) in [7, 11) is -3.27. The van der Waals surface area contributed by atoms with Crippen LogP contribution in [0.15, 0.2) is 42.7 Å². The fraction of sp³-hybridized carbons (Fsp3) is 0.714. The number of nitrogens with one attached hydrogen (secondary N) is 4. The van der Waals surface area contributed by atoms with E-state index < -0.39 is 8.72 Å². The van der Waals surface area contributed by atoms with Crippen LogP contribution < -0.4 is 20.4 Å². The normalized spacial score (nSPS) is 13.2. The van der Waals surface area contributed by atoms with Crippen LogP contribution in [0.4, 0.5) is 0 Å². The first kappa shape index (κ1) is 34.2. The molecule has 37 heavy (non-hydrogen) atoms. The average Bonchev–Trinajstić information content (AvgIpc) is 2.70. The van der Waals surface area contributed by atoms with E-state index in [0.717, 1.165) is 22.3 Å². The van der Waals surface area contributed by atoms with Gasteiger partial charge in [0.15, 0.2) is 0 Å². The summed E-state index contributed by atoms with van der Waals surface area (Å²) in [4.78, 5) is 0. The Morgan fingerprint density at radius 2 is 0.568 bits per heavy atom. The molecule has 208 valence electrons. The standard InChI is InChI=1S/C28H52N8Si/c1-21(25(5,6)7)17-29-33-37(34-30-18-22(2)26(8,9)10,35-31-19-23(3)27(11,12)13)36-32-20-24(4)28(14,15)16/h33-36H,1-16H3. The summed E-state index contributed by atoms with van der Waals surface area (Å²) in [6.45, 7) is 33.4. The smallest absolute Gasteiger partial charge is 0.271 e. The Labute approximate surface area is 227 Å². The molecule has 0 unspecified atom stereocenters. The van der Waals surface area contributed by atoms with Crippen molar-refractivity contribution in [1.29, 1.82) is 0 Å². The van der Waals surface area contributed by atoms with Crippen LogP contribution in [0.3, 0.4) is 0 Å². The molecule has 0 radical (unpaired) electrons. The Hall–Kier alpha value is -2.78. The van der Waals surface area contributed by atoms with E-state index in [9.17, 15) is 0 Å². The first-order valence-electron chi connectivity index (χ1n) is 12.8. The lowest BCUT2D eigenvalue weighted by atomic mass is 9.89. The van der Waals surface area contributed by atoms with Crippen molar-refractivity contribution in [1.82, 2.24) is 20.4 Å². The maximum Gasteiger partial charge on any atom is 0.560 e. The molecule has 0 aliphatic carbocycles. The molecule has 0 atom stereocenters. The first-order chi connectivity index (χ1) is 16.5. The summed E-state index contributed by atoms with van der Waals surface area (Å²) in [6.07, 6.45) is 0. The second kappa shape index (κ2) is 13.1. The van der Waals surface area contributed by atoms with Crippen molar-refractivity contribution in [3.8, 4) is 0 Å². The number of nitrogens with zero attached hydrogens (tertiary/aromatic N) is 4. The van der Waals surface area contributed by atoms with Crippen LogP contribution in [0.5, 0.6) is 0 Å². The molecular weight excluding hydrogens is 476 g/mol. The van der Waals surface area contributed by atoms with Gasteiger partial charge in [-0.15, -0.1) is 20.4 Å². The van der Waals surface area contributed by atoms with Crippen molar-refractivity contribution in [3.63, 3.8) is 0 Å². The topological polar surface area (TPSA) is 97.6 Å². The van der Waals surface area contributed by atoms with E-state index in [4.69, 9.17) is 0 Å². The van der Waals surface area contributed by atoms with Gasteiger partial charge in [0.25, 0.3) is 0 Å². The summed E-state index contributed by atoms with van der Waals surface area (Å²) in [5.74, 6) is 12.4. The fourth-order valence-electron chi connectivity index (χ4n) is 1.60. The van der Waals surface area contributed by atoms with Crippen molar-refractivity contribution in [3.05, 3.63) is 22.3 Å². The van der Waals surface area contributed by atoms with E-state index in [1.54, 1.807) is 0 Å². The molecule has 0 aliphatic rings. The molecule has 0 spiro atoms. The molecule has 0 fully saturated rings. The van der Waals surface area contributed by atoms with Crippen LogP contribution in [0.1, 0.15) is 111 Å². The van der Waals surface area contributed by atoms with E-state index >= 15 is 0 Å². The maximum absolute atomic E-state index is 4.40. The van der Waals surface area contributed by atoms with Crippen molar-refractivity contribution >= 4 is 32.2 Å². The number of hydrazone groups is 4. The quantitative estimate of drug-likeness (QED) is 0.174. The largest absolute Gasteiger partial charge is 0.560 e. The Balaban J connectivity index is 6.85. The number of rotatable bonds is 8. The molecule has 9 heteroatoms. The Bertz CT molecular complexity index is 870. The predicted octanol–water partition coefficient (Wildman–Crippen LogP) is 6.09. The van der Waals surface area contributed by atoms with Gasteiger partial charge in [-0.25, -0.2) is 0 Å². The van der Waals surface area contributed by atoms with Crippen LogP contribution >= 0.6 is 0 Å². The molecule has 0 amide bonds. The zero-order valence-corrected chi connectivity index (χ0v) is 27.3. The molecule has 0 aromatic heterocycles. The SMILES string of the molecule is CC(=C=NN[Si](NN=C=C(C)C(C)(C)C)(NN=C=C(C)C(C)(C)C)NN=C=C(C)C(C)(C)C)C(C)(C)C. The molecule has 0 rings (SSSR count). The van der Waals surface area contributed by atoms with Gasteiger partial charge in [-0.1, -0.05) is 83.1 Å². The minimum atomic E-state index is -3.27. The van der Waals surface area contributed by atoms with Crippen molar-refractivity contribution in [2.75, 3.05) is 0 Å². The molecule has 0 aromatic carbocycles. The zero-order valence-electron chi connectivity index (χ0n) is 26.3. The van der Waals surface area contributed by atoms with E-state index in [-0.39, 0.29) is 21.7 Å². The molecule has 0 saturated carbocycles. The molecule has 0 saturated heterocycles. The lowest BCUT2D eigenvalue weighted by Crippen LogP contribution is -2.76. The predicted molar refractivity (Wildman–Crippen MR) is 163 cm³/mol. The van der Waals surface area contributed by atoms with Crippen LogP contribution in [-0.2, 0) is 0 Å². The summed E-state index contributed by atoms with van der Waals surface area (Å²) in [6, 6.07) is 0. The molecule has 4 N–H and O–H groups in total. The van der Waals surface area contributed by atoms with Crippen molar-refractivity contribution in [2.24, 2.45) is 42.1 Å². The van der Waals surface area contributed by atoms with Gasteiger partial charge in [-0.05, 0) is 71.6 Å². The average molecular weight is 529 g/mol. The van der Waals surface area contributed by atoms with E-state index in [0.29, 0.717) is 0 Å². The maximum atomic E-state index is 4.40. The van der Waals surface area contributed by atoms with E-state index in [1.807, 2.05) is 27.7 Å². The minimum Gasteiger partial charge on any atom is -0.271 e. The first-order valence-corrected chi connectivity index (χ1v) is 14.8. The van der Waals surface area contributed by atoms with Crippen molar-refractivity contribution < 1.29 is 0 Å². The van der Waals surface area contributed by atoms with Gasteiger partial charge in [0, 0.05) is 23.5 Å². The zero-order chi connectivity index (χ0) is 29.3. The van der Waals surface area contributed by atoms with Gasteiger partial charge in [0.05, 0.1) is 0 Å². The fourth-order valence-corrected chi connectivity index (χ4v) is 2.80. The molecular formula is C28H52N8Si. The third kappa shape index (κ3) is 13.4. The van der Waals surface area contributed by atoms with Crippen LogP contribution in [0.25, 0.3) is 0 Å². The summed E-state index contributed by atoms with van der Waals surface area (Å²) < 4.78 is 0. The van der Waals surface area contributed by atoms with Gasteiger partial charge in [-0.2, -0.15) is 0 Å². The number of hydrogen-bond donors (Lipinski definition) is 4. The molecule has 8 nitrogen and oxygen atoms in total. The lowest BCUT2D eigenvalue weighted by Gasteiger charge is -2.25. The van der Waals surface area contributed by atoms with Gasteiger partial charge in [-0.3, -0.25) is 20.4 Å². The molecule has 0 bridgehead atoms. The highest BCUT2D eigenvalue weighted by Crippen LogP contribution is 2.23. The van der Waals surface area contributed by atoms with Gasteiger partial charge < -0.3 is 0 Å². The van der Waals surface area contributed by atoms with E-state index in [1.165, 1.54) is 0 Å². The second-order valence-corrected chi connectivity index (χ2v) is 16.0. The Morgan fingerprint density at radius 1 is 0.405 bits per heavy atom. The Kier molecular flexibility index (Phi) is 12.2. The van der Waals surface area contributed by atoms with Gasteiger partial charge in [0.2, 0.25) is 0 Å².